The Morgan fingerprint density at radius 2 is 1.06 bits per heavy atom. The molecule has 31 heavy (non-hydrogen) atoms. The fourth-order valence-electron chi connectivity index (χ4n) is 3.77. The van der Waals surface area contributed by atoms with E-state index in [2.05, 4.69) is 34.9 Å². The molecule has 2 N–H and O–H groups in total. The molecule has 0 aliphatic carbocycles. The lowest BCUT2D eigenvalue weighted by molar-refractivity contribution is 0.714. The molecule has 150 valence electrons. The van der Waals surface area contributed by atoms with Crippen molar-refractivity contribution in [3.05, 3.63) is 132 Å². The van der Waals surface area contributed by atoms with Gasteiger partial charge in [0.1, 0.15) is 5.71 Å². The lowest BCUT2D eigenvalue weighted by atomic mass is 9.90. The summed E-state index contributed by atoms with van der Waals surface area (Å²) in [5.41, 5.74) is 3.94. The fraction of sp³-hybridized carbons (Fsp3) is 0.0370. The van der Waals surface area contributed by atoms with Crippen LogP contribution in [-0.2, 0) is 5.66 Å². The third-order valence-electron chi connectivity index (χ3n) is 5.20. The van der Waals surface area contributed by atoms with Crippen LogP contribution in [0.1, 0.15) is 11.1 Å². The van der Waals surface area contributed by atoms with Crippen molar-refractivity contribution in [3.63, 3.8) is 0 Å². The predicted octanol–water partition coefficient (Wildman–Crippen LogP) is 5.92. The van der Waals surface area contributed by atoms with E-state index >= 15 is 0 Å². The van der Waals surface area contributed by atoms with Crippen molar-refractivity contribution in [2.45, 2.75) is 5.66 Å². The number of hydrogen-bond donors (Lipinski definition) is 2. The Hall–Kier alpha value is -4.18. The van der Waals surface area contributed by atoms with Crippen LogP contribution in [0.4, 0.5) is 11.4 Å². The Kier molecular flexibility index (Phi) is 5.03. The molecule has 4 aromatic rings. The van der Waals surface area contributed by atoms with E-state index in [1.165, 1.54) is 0 Å². The molecule has 0 aromatic heterocycles. The summed E-state index contributed by atoms with van der Waals surface area (Å²) in [6.07, 6.45) is 0. The Labute approximate surface area is 182 Å². The second kappa shape index (κ2) is 8.28. The maximum atomic E-state index is 5.13. The zero-order chi connectivity index (χ0) is 20.9. The quantitative estimate of drug-likeness (QED) is 0.435. The molecule has 1 unspecified atom stereocenters. The first kappa shape index (κ1) is 18.8. The summed E-state index contributed by atoms with van der Waals surface area (Å²) in [5.74, 6) is 0.567. The van der Waals surface area contributed by atoms with E-state index in [0.29, 0.717) is 5.96 Å². The number of para-hydroxylation sites is 2. The highest BCUT2D eigenvalue weighted by atomic mass is 15.3. The van der Waals surface area contributed by atoms with Crippen LogP contribution in [0, 0.1) is 0 Å². The van der Waals surface area contributed by atoms with E-state index in [0.717, 1.165) is 28.2 Å². The van der Waals surface area contributed by atoms with Gasteiger partial charge in [0.2, 0.25) is 11.6 Å². The highest BCUT2D eigenvalue weighted by Crippen LogP contribution is 2.36. The van der Waals surface area contributed by atoms with Crippen LogP contribution in [0.25, 0.3) is 0 Å². The molecule has 1 atom stereocenters. The van der Waals surface area contributed by atoms with Gasteiger partial charge in [0.25, 0.3) is 0 Å². The molecule has 0 radical (unpaired) electrons. The van der Waals surface area contributed by atoms with Crippen molar-refractivity contribution in [2.75, 3.05) is 10.6 Å². The summed E-state index contributed by atoms with van der Waals surface area (Å²) in [4.78, 5) is 10.1. The molecule has 0 saturated heterocycles. The summed E-state index contributed by atoms with van der Waals surface area (Å²) in [6.45, 7) is 0. The van der Waals surface area contributed by atoms with Crippen molar-refractivity contribution in [2.24, 2.45) is 9.98 Å². The number of nitrogens with one attached hydrogen (secondary N) is 2. The summed E-state index contributed by atoms with van der Waals surface area (Å²) in [5, 5.41) is 7.05. The van der Waals surface area contributed by atoms with Gasteiger partial charge in [-0.2, -0.15) is 0 Å². The number of anilines is 2. The van der Waals surface area contributed by atoms with E-state index < -0.39 is 5.66 Å². The second-order valence-electron chi connectivity index (χ2n) is 7.32. The molecule has 5 rings (SSSR count). The van der Waals surface area contributed by atoms with Crippen molar-refractivity contribution in [1.29, 1.82) is 0 Å². The highest BCUT2D eigenvalue weighted by molar-refractivity contribution is 6.20. The van der Waals surface area contributed by atoms with Crippen molar-refractivity contribution >= 4 is 23.0 Å². The Balaban J connectivity index is 1.67. The van der Waals surface area contributed by atoms with Crippen LogP contribution in [0.3, 0.4) is 0 Å². The standard InChI is InChI=1S/C27H22N4/c1-5-13-21(14-6-1)25-27(22-15-7-2-8-16-22,30-24-19-11-4-12-20-24)31-26(29-25)28-23-17-9-3-10-18-23/h1-20,30H,(H,28,31). The zero-order valence-corrected chi connectivity index (χ0v) is 16.9. The highest BCUT2D eigenvalue weighted by Gasteiger charge is 2.43. The first-order chi connectivity index (χ1) is 15.3. The molecule has 1 aliphatic heterocycles. The van der Waals surface area contributed by atoms with Gasteiger partial charge in [-0.15, -0.1) is 0 Å². The van der Waals surface area contributed by atoms with Gasteiger partial charge < -0.3 is 10.6 Å². The molecule has 1 aliphatic rings. The molecule has 1 heterocycles. The van der Waals surface area contributed by atoms with Gasteiger partial charge >= 0.3 is 0 Å². The van der Waals surface area contributed by atoms with E-state index in [9.17, 15) is 0 Å². The Bertz CT molecular complexity index is 1200. The normalized spacial score (nSPS) is 17.5. The van der Waals surface area contributed by atoms with Crippen molar-refractivity contribution in [3.8, 4) is 0 Å². The van der Waals surface area contributed by atoms with Gasteiger partial charge in [0, 0.05) is 22.5 Å². The minimum Gasteiger partial charge on any atom is -0.352 e. The van der Waals surface area contributed by atoms with Crippen LogP contribution < -0.4 is 10.6 Å². The largest absolute Gasteiger partial charge is 0.352 e. The van der Waals surface area contributed by atoms with E-state index in [4.69, 9.17) is 9.98 Å². The minimum absolute atomic E-state index is 0.567. The Morgan fingerprint density at radius 1 is 0.548 bits per heavy atom. The Morgan fingerprint density at radius 3 is 1.68 bits per heavy atom. The topological polar surface area (TPSA) is 48.8 Å². The lowest BCUT2D eigenvalue weighted by Crippen LogP contribution is -2.40. The van der Waals surface area contributed by atoms with Gasteiger partial charge in [-0.25, -0.2) is 9.98 Å². The molecule has 0 amide bonds. The van der Waals surface area contributed by atoms with Crippen LogP contribution in [0.2, 0.25) is 0 Å². The van der Waals surface area contributed by atoms with Gasteiger partial charge in [-0.3, -0.25) is 0 Å². The second-order valence-corrected chi connectivity index (χ2v) is 7.32. The van der Waals surface area contributed by atoms with E-state index in [1.54, 1.807) is 0 Å². The maximum absolute atomic E-state index is 5.13. The summed E-state index contributed by atoms with van der Waals surface area (Å²) in [6, 6.07) is 40.6. The van der Waals surface area contributed by atoms with E-state index in [-0.39, 0.29) is 0 Å². The number of hydrogen-bond acceptors (Lipinski definition) is 4. The minimum atomic E-state index is -0.860. The van der Waals surface area contributed by atoms with Crippen LogP contribution >= 0.6 is 0 Å². The molecular weight excluding hydrogens is 380 g/mol. The van der Waals surface area contributed by atoms with Crippen LogP contribution in [0.5, 0.6) is 0 Å². The van der Waals surface area contributed by atoms with Gasteiger partial charge in [-0.05, 0) is 24.3 Å². The molecule has 0 fully saturated rings. The first-order valence-corrected chi connectivity index (χ1v) is 10.3. The molecule has 0 bridgehead atoms. The SMILES string of the molecule is c1ccc(NC2=NC(Nc3ccccc3)(c3ccccc3)C(c3ccccc3)=N2)cc1. The van der Waals surface area contributed by atoms with Crippen LogP contribution in [0.15, 0.2) is 131 Å². The molecule has 0 saturated carbocycles. The third-order valence-corrected chi connectivity index (χ3v) is 5.20. The number of benzene rings is 4. The lowest BCUT2D eigenvalue weighted by Gasteiger charge is -2.31. The smallest absolute Gasteiger partial charge is 0.225 e. The van der Waals surface area contributed by atoms with Crippen molar-refractivity contribution < 1.29 is 0 Å². The molecule has 4 nitrogen and oxygen atoms in total. The zero-order valence-electron chi connectivity index (χ0n) is 16.9. The molecule has 0 spiro atoms. The molecule has 4 aromatic carbocycles. The average molecular weight is 403 g/mol. The fourth-order valence-corrected chi connectivity index (χ4v) is 3.77. The first-order valence-electron chi connectivity index (χ1n) is 10.3. The summed E-state index contributed by atoms with van der Waals surface area (Å²) in [7, 11) is 0. The number of aliphatic imine (C=N–C) groups is 2. The average Bonchev–Trinajstić information content (AvgIpc) is 3.20. The third kappa shape index (κ3) is 3.83. The monoisotopic (exact) mass is 402 g/mol. The molecule has 4 heteroatoms. The van der Waals surface area contributed by atoms with Crippen LogP contribution in [-0.4, -0.2) is 11.7 Å². The van der Waals surface area contributed by atoms with Gasteiger partial charge in [0.15, 0.2) is 0 Å². The maximum Gasteiger partial charge on any atom is 0.225 e. The predicted molar refractivity (Wildman–Crippen MR) is 129 cm³/mol. The van der Waals surface area contributed by atoms with Gasteiger partial charge in [0.05, 0.1) is 0 Å². The van der Waals surface area contributed by atoms with E-state index in [1.807, 2.05) is 97.1 Å². The summed E-state index contributed by atoms with van der Waals surface area (Å²) >= 11 is 0. The van der Waals surface area contributed by atoms with Gasteiger partial charge in [-0.1, -0.05) is 97.1 Å². The number of nitrogens with zero attached hydrogens (tertiary/aromatic N) is 2. The number of guanidine groups is 1. The number of rotatable bonds is 5. The van der Waals surface area contributed by atoms with Crippen molar-refractivity contribution in [1.82, 2.24) is 0 Å². The summed E-state index contributed by atoms with van der Waals surface area (Å²) < 4.78 is 0. The molecular formula is C27H22N4.